The fraction of sp³-hybridized carbons (Fsp3) is 0.0667. The van der Waals surface area contributed by atoms with E-state index in [-0.39, 0.29) is 26.8 Å². The number of aryl methyl sites for hydroxylation is 1. The van der Waals surface area contributed by atoms with Crippen LogP contribution in [0.4, 0.5) is 13.2 Å². The summed E-state index contributed by atoms with van der Waals surface area (Å²) in [6, 6.07) is 28.3. The molecule has 0 spiro atoms. The molecule has 1 aliphatic rings. The van der Waals surface area contributed by atoms with Gasteiger partial charge >= 0.3 is 27.2 Å². The molecule has 0 N–H and O–H groups in total. The fourth-order valence-corrected chi connectivity index (χ4v) is 7.56. The normalized spacial score (nSPS) is 15.7. The molecule has 0 fully saturated rings. The Hall–Kier alpha value is -3.53. The average molecular weight is 722 g/mol. The van der Waals surface area contributed by atoms with Crippen LogP contribution in [0.3, 0.4) is 0 Å². The summed E-state index contributed by atoms with van der Waals surface area (Å²) >= 11 is 0. The Balaban J connectivity index is 0.00000308. The second kappa shape index (κ2) is 10.2. The summed E-state index contributed by atoms with van der Waals surface area (Å²) < 4.78 is 60.5. The van der Waals surface area contributed by atoms with Crippen LogP contribution in [0.15, 0.2) is 91.3 Å². The van der Waals surface area contributed by atoms with Crippen molar-refractivity contribution >= 4 is 23.2 Å². The maximum absolute atomic E-state index is 14.8. The average Bonchev–Trinajstić information content (AvgIpc) is 3.17. The van der Waals surface area contributed by atoms with Crippen molar-refractivity contribution in [3.8, 4) is 33.9 Å². The number of aromatic nitrogens is 2. The molecule has 39 heavy (non-hydrogen) atoms. The van der Waals surface area contributed by atoms with Crippen molar-refractivity contribution in [2.45, 2.75) is 13.1 Å². The van der Waals surface area contributed by atoms with Crippen LogP contribution in [0.25, 0.3) is 22.3 Å². The third-order valence-electron chi connectivity index (χ3n) is 6.34. The zero-order valence-corrected chi connectivity index (χ0v) is 23.4. The number of hydrogen-bond donors (Lipinski definition) is 0. The third kappa shape index (κ3) is 4.75. The van der Waals surface area contributed by atoms with Crippen LogP contribution in [0.5, 0.6) is 11.6 Å². The van der Waals surface area contributed by atoms with E-state index in [1.54, 1.807) is 18.3 Å². The van der Waals surface area contributed by atoms with Gasteiger partial charge in [-0.3, -0.25) is 4.98 Å². The Bertz CT molecular complexity index is 1760. The van der Waals surface area contributed by atoms with E-state index in [1.807, 2.05) is 55.5 Å². The van der Waals surface area contributed by atoms with Crippen molar-refractivity contribution in [1.82, 2.24) is 9.97 Å². The first kappa shape index (κ1) is 27.1. The number of rotatable bonds is 4. The zero-order chi connectivity index (χ0) is 26.5. The minimum Gasteiger partial charge on any atom is -0.459 e. The van der Waals surface area contributed by atoms with Crippen molar-refractivity contribution in [2.75, 3.05) is 0 Å². The van der Waals surface area contributed by atoms with Crippen molar-refractivity contribution in [3.05, 3.63) is 115 Å². The summed E-state index contributed by atoms with van der Waals surface area (Å²) in [4.78, 5) is 8.23. The molecule has 3 aromatic carbocycles. The summed E-state index contributed by atoms with van der Waals surface area (Å²) in [7, 11) is -3.32. The molecule has 5 aromatic rings. The number of pyridine rings is 2. The number of benzene rings is 3. The maximum Gasteiger partial charge on any atom is 2.00 e. The van der Waals surface area contributed by atoms with Crippen LogP contribution in [0.1, 0.15) is 11.1 Å². The molecule has 0 amide bonds. The van der Waals surface area contributed by atoms with Crippen LogP contribution in [0, 0.1) is 19.1 Å². The molecular formula is C30H18F3N2O2PPt. The molecule has 0 radical (unpaired) electrons. The van der Waals surface area contributed by atoms with Gasteiger partial charge < -0.3 is 9.30 Å². The van der Waals surface area contributed by atoms with Crippen molar-refractivity contribution < 1.29 is 43.5 Å². The molecule has 4 nitrogen and oxygen atoms in total. The Labute approximate surface area is 237 Å². The van der Waals surface area contributed by atoms with Gasteiger partial charge in [-0.05, 0) is 42.3 Å². The molecule has 0 saturated heterocycles. The molecule has 1 unspecified atom stereocenters. The molecule has 3 heterocycles. The van der Waals surface area contributed by atoms with E-state index in [0.29, 0.717) is 27.2 Å². The van der Waals surface area contributed by atoms with E-state index < -0.39 is 24.8 Å². The van der Waals surface area contributed by atoms with E-state index in [0.717, 1.165) is 22.8 Å². The Morgan fingerprint density at radius 1 is 0.821 bits per heavy atom. The second-order valence-corrected chi connectivity index (χ2v) is 11.4. The van der Waals surface area contributed by atoms with Crippen LogP contribution < -0.4 is 20.8 Å². The topological polar surface area (TPSA) is 52.1 Å². The smallest absolute Gasteiger partial charge is 0.459 e. The van der Waals surface area contributed by atoms with Gasteiger partial charge in [0.1, 0.15) is 11.0 Å². The molecular weight excluding hydrogens is 703 g/mol. The number of hydrogen-bond acceptors (Lipinski definition) is 4. The summed E-state index contributed by atoms with van der Waals surface area (Å²) in [5, 5.41) is 1.25. The summed E-state index contributed by atoms with van der Waals surface area (Å²) in [5.74, 6) is -0.496. The van der Waals surface area contributed by atoms with Gasteiger partial charge in [0.05, 0.1) is 0 Å². The molecule has 2 aromatic heterocycles. The van der Waals surface area contributed by atoms with Crippen LogP contribution >= 0.6 is 7.14 Å². The van der Waals surface area contributed by atoms with E-state index >= 15 is 0 Å². The van der Waals surface area contributed by atoms with Gasteiger partial charge in [-0.25, -0.2) is 16.1 Å². The van der Waals surface area contributed by atoms with Gasteiger partial charge in [-0.1, -0.05) is 35.1 Å². The standard InChI is InChI=1S/C30H18F3N2O2P.Pt/c1-19-13-15-34-28(16-19)38(36)26-10-3-2-8-23(26)24-12-11-21(18-27(24)38)20-6-4-7-22(17-20)37-29-25(30(31,32)33)9-5-14-35-29;/h2-16H,1H3;/q-2;+2. The minimum atomic E-state index is -4.62. The van der Waals surface area contributed by atoms with E-state index in [2.05, 4.69) is 22.1 Å². The van der Waals surface area contributed by atoms with Gasteiger partial charge in [0, 0.05) is 23.4 Å². The molecule has 0 bridgehead atoms. The van der Waals surface area contributed by atoms with E-state index in [9.17, 15) is 17.7 Å². The van der Waals surface area contributed by atoms with Crippen molar-refractivity contribution in [1.29, 1.82) is 0 Å². The van der Waals surface area contributed by atoms with Gasteiger partial charge in [-0.15, -0.1) is 18.2 Å². The van der Waals surface area contributed by atoms with Crippen molar-refractivity contribution in [3.63, 3.8) is 0 Å². The monoisotopic (exact) mass is 721 g/mol. The van der Waals surface area contributed by atoms with Crippen molar-refractivity contribution in [2.24, 2.45) is 0 Å². The largest absolute Gasteiger partial charge is 2.00 e. The van der Waals surface area contributed by atoms with E-state index in [1.165, 1.54) is 18.3 Å². The van der Waals surface area contributed by atoms with Gasteiger partial charge in [0.25, 0.3) is 0 Å². The summed E-state index contributed by atoms with van der Waals surface area (Å²) in [5.41, 5.74) is 3.22. The van der Waals surface area contributed by atoms with Crippen LogP contribution in [-0.2, 0) is 31.8 Å². The number of ether oxygens (including phenoxy) is 1. The summed E-state index contributed by atoms with van der Waals surface area (Å²) in [6.07, 6.45) is -1.73. The predicted octanol–water partition coefficient (Wildman–Crippen LogP) is 6.48. The molecule has 1 atom stereocenters. The van der Waals surface area contributed by atoms with Gasteiger partial charge in [0.15, 0.2) is 7.14 Å². The number of nitrogens with zero attached hydrogens (tertiary/aromatic N) is 2. The quantitative estimate of drug-likeness (QED) is 0.155. The Morgan fingerprint density at radius 3 is 2.41 bits per heavy atom. The summed E-state index contributed by atoms with van der Waals surface area (Å²) in [6.45, 7) is 1.92. The Morgan fingerprint density at radius 2 is 1.62 bits per heavy atom. The molecule has 1 aliphatic heterocycles. The first-order chi connectivity index (χ1) is 18.2. The Kier molecular flexibility index (Phi) is 7.09. The van der Waals surface area contributed by atoms with Gasteiger partial charge in [0.2, 0.25) is 5.88 Å². The molecule has 9 heteroatoms. The zero-order valence-electron chi connectivity index (χ0n) is 20.3. The maximum atomic E-state index is 14.8. The SMILES string of the molecule is Cc1ccnc(P2(=O)c3[c-]c(-c4[c-]c(Oc5ncccc5C(F)(F)F)ccc4)ccc3-c3ccccc32)c1.[Pt+2]. The minimum absolute atomic E-state index is 0. The number of fused-ring (bicyclic) bond motifs is 3. The first-order valence-corrected chi connectivity index (χ1v) is 13.4. The first-order valence-electron chi connectivity index (χ1n) is 11.7. The fourth-order valence-electron chi connectivity index (χ4n) is 4.59. The molecule has 6 rings (SSSR count). The number of alkyl halides is 3. The molecule has 0 aliphatic carbocycles. The third-order valence-corrected chi connectivity index (χ3v) is 9.28. The van der Waals surface area contributed by atoms with Crippen LogP contribution in [0.2, 0.25) is 0 Å². The molecule has 196 valence electrons. The predicted molar refractivity (Wildman–Crippen MR) is 140 cm³/mol. The van der Waals surface area contributed by atoms with E-state index in [4.69, 9.17) is 4.74 Å². The second-order valence-electron chi connectivity index (χ2n) is 8.84. The molecule has 0 saturated carbocycles. The van der Waals surface area contributed by atoms with Crippen LogP contribution in [-0.4, -0.2) is 9.97 Å². The van der Waals surface area contributed by atoms with Gasteiger partial charge in [-0.2, -0.15) is 37.4 Å². The number of halogens is 3.